The average molecular weight is 368 g/mol. The van der Waals surface area contributed by atoms with Crippen LogP contribution in [-0.2, 0) is 11.2 Å². The first-order chi connectivity index (χ1) is 11.5. The number of nitrogens with one attached hydrogen (secondary N) is 1. The number of nitro groups is 1. The van der Waals surface area contributed by atoms with E-state index in [1.165, 1.54) is 23.6 Å². The van der Waals surface area contributed by atoms with Crippen molar-refractivity contribution in [1.29, 1.82) is 0 Å². The lowest BCUT2D eigenvalue weighted by Gasteiger charge is -2.04. The van der Waals surface area contributed by atoms with Gasteiger partial charge in [0.2, 0.25) is 0 Å². The number of ether oxygens (including phenoxy) is 1. The largest absolute Gasteiger partial charge is 0.484 e. The number of thiophene rings is 1. The molecule has 1 aromatic heterocycles. The van der Waals surface area contributed by atoms with Crippen molar-refractivity contribution >= 4 is 40.7 Å². The second-order valence-corrected chi connectivity index (χ2v) is 6.21. The van der Waals surface area contributed by atoms with E-state index in [1.54, 1.807) is 24.3 Å². The van der Waals surface area contributed by atoms with E-state index in [4.69, 9.17) is 16.3 Å². The fourth-order valence-electron chi connectivity index (χ4n) is 1.79. The zero-order chi connectivity index (χ0) is 17.5. The Balaban J connectivity index is 1.86. The van der Waals surface area contributed by atoms with Crippen LogP contribution in [0.2, 0.25) is 5.02 Å². The summed E-state index contributed by atoms with van der Waals surface area (Å²) in [4.78, 5) is 23.4. The fourth-order valence-corrected chi connectivity index (χ4v) is 2.86. The van der Waals surface area contributed by atoms with Crippen molar-refractivity contribution in [1.82, 2.24) is 5.43 Å². The lowest BCUT2D eigenvalue weighted by Crippen LogP contribution is -2.24. The maximum absolute atomic E-state index is 11.6. The molecule has 0 unspecified atom stereocenters. The maximum Gasteiger partial charge on any atom is 0.283 e. The molecule has 0 aliphatic rings. The van der Waals surface area contributed by atoms with Gasteiger partial charge in [-0.15, -0.1) is 11.3 Å². The van der Waals surface area contributed by atoms with Crippen LogP contribution in [0.1, 0.15) is 16.7 Å². The molecule has 0 radical (unpaired) electrons. The number of benzene rings is 1. The molecule has 1 N–H and O–H groups in total. The van der Waals surface area contributed by atoms with Crippen molar-refractivity contribution in [3.8, 4) is 5.75 Å². The van der Waals surface area contributed by atoms with Crippen LogP contribution >= 0.6 is 22.9 Å². The lowest BCUT2D eigenvalue weighted by molar-refractivity contribution is -0.385. The summed E-state index contributed by atoms with van der Waals surface area (Å²) < 4.78 is 5.27. The minimum atomic E-state index is -0.442. The molecule has 9 heteroatoms. The summed E-state index contributed by atoms with van der Waals surface area (Å²) >= 11 is 7.01. The third kappa shape index (κ3) is 5.04. The quantitative estimate of drug-likeness (QED) is 0.461. The standard InChI is InChI=1S/C15H14ClN3O4S/c1-2-14-13(19(21)22)7-12(24-14)8-17-18-15(20)9-23-11-5-3-10(16)4-6-11/h3-8H,2,9H2,1H3,(H,18,20)/b17-8+. The van der Waals surface area contributed by atoms with Crippen LogP contribution in [0.3, 0.4) is 0 Å². The third-order valence-electron chi connectivity index (χ3n) is 2.89. The number of halogens is 1. The third-order valence-corrected chi connectivity index (χ3v) is 4.34. The van der Waals surface area contributed by atoms with Gasteiger partial charge in [-0.3, -0.25) is 14.9 Å². The highest BCUT2D eigenvalue weighted by molar-refractivity contribution is 7.14. The molecule has 0 aliphatic carbocycles. The van der Waals surface area contributed by atoms with Crippen LogP contribution in [0.25, 0.3) is 0 Å². The molecule has 1 amide bonds. The molecular weight excluding hydrogens is 354 g/mol. The second kappa shape index (κ2) is 8.42. The molecule has 0 fully saturated rings. The summed E-state index contributed by atoms with van der Waals surface area (Å²) in [6.45, 7) is 1.64. The molecule has 0 saturated carbocycles. The second-order valence-electron chi connectivity index (χ2n) is 4.60. The van der Waals surface area contributed by atoms with E-state index in [1.807, 2.05) is 6.92 Å². The summed E-state index contributed by atoms with van der Waals surface area (Å²) in [5.41, 5.74) is 2.38. The van der Waals surface area contributed by atoms with Crippen LogP contribution in [0.4, 0.5) is 5.69 Å². The normalized spacial score (nSPS) is 10.8. The minimum absolute atomic E-state index is 0.0707. The number of rotatable bonds is 7. The molecule has 24 heavy (non-hydrogen) atoms. The zero-order valence-corrected chi connectivity index (χ0v) is 14.3. The van der Waals surface area contributed by atoms with Gasteiger partial charge >= 0.3 is 0 Å². The van der Waals surface area contributed by atoms with E-state index in [0.717, 1.165) is 0 Å². The Hall–Kier alpha value is -2.45. The molecule has 0 atom stereocenters. The SMILES string of the molecule is CCc1sc(/C=N/NC(=O)COc2ccc(Cl)cc2)cc1[N+](=O)[O-]. The monoisotopic (exact) mass is 367 g/mol. The van der Waals surface area contributed by atoms with Crippen LogP contribution in [0.15, 0.2) is 35.4 Å². The first kappa shape index (κ1) is 17.9. The molecule has 2 aromatic rings. The number of hydrogen-bond donors (Lipinski definition) is 1. The van der Waals surface area contributed by atoms with Gasteiger partial charge in [-0.2, -0.15) is 5.10 Å². The van der Waals surface area contributed by atoms with Gasteiger partial charge in [0.25, 0.3) is 11.6 Å². The van der Waals surface area contributed by atoms with Gasteiger partial charge in [0.15, 0.2) is 6.61 Å². The predicted molar refractivity (Wildman–Crippen MR) is 93.0 cm³/mol. The average Bonchev–Trinajstić information content (AvgIpc) is 2.98. The van der Waals surface area contributed by atoms with E-state index in [9.17, 15) is 14.9 Å². The highest BCUT2D eigenvalue weighted by Gasteiger charge is 2.16. The first-order valence-electron chi connectivity index (χ1n) is 6.97. The molecule has 0 bridgehead atoms. The first-order valence-corrected chi connectivity index (χ1v) is 8.16. The number of aryl methyl sites for hydroxylation is 1. The van der Waals surface area contributed by atoms with E-state index >= 15 is 0 Å². The molecule has 1 heterocycles. The molecule has 2 rings (SSSR count). The summed E-state index contributed by atoms with van der Waals surface area (Å²) in [5.74, 6) is 0.0722. The van der Waals surface area contributed by atoms with Gasteiger partial charge in [-0.05, 0) is 30.7 Å². The Labute approximate surface area is 147 Å². The lowest BCUT2D eigenvalue weighted by atomic mass is 10.3. The Kier molecular flexibility index (Phi) is 6.28. The van der Waals surface area contributed by atoms with Gasteiger partial charge in [-0.25, -0.2) is 5.43 Å². The molecule has 7 nitrogen and oxygen atoms in total. The van der Waals surface area contributed by atoms with Gasteiger partial charge in [0.1, 0.15) is 5.75 Å². The Bertz CT molecular complexity index is 759. The van der Waals surface area contributed by atoms with Crippen molar-refractivity contribution < 1.29 is 14.5 Å². The smallest absolute Gasteiger partial charge is 0.283 e. The number of carbonyl (C=O) groups excluding carboxylic acids is 1. The van der Waals surface area contributed by atoms with Crippen LogP contribution in [0, 0.1) is 10.1 Å². The molecule has 0 spiro atoms. The van der Waals surface area contributed by atoms with Crippen LogP contribution in [0.5, 0.6) is 5.75 Å². The maximum atomic E-state index is 11.6. The number of carbonyl (C=O) groups is 1. The van der Waals surface area contributed by atoms with E-state index in [2.05, 4.69) is 10.5 Å². The van der Waals surface area contributed by atoms with Crippen LogP contribution in [-0.4, -0.2) is 23.7 Å². The van der Waals surface area contributed by atoms with Crippen molar-refractivity contribution in [2.24, 2.45) is 5.10 Å². The Morgan fingerprint density at radius 1 is 1.46 bits per heavy atom. The number of hydrazone groups is 1. The van der Waals surface area contributed by atoms with Gasteiger partial charge in [-0.1, -0.05) is 18.5 Å². The van der Waals surface area contributed by atoms with Gasteiger partial charge < -0.3 is 4.74 Å². The van der Waals surface area contributed by atoms with E-state index in [-0.39, 0.29) is 12.3 Å². The van der Waals surface area contributed by atoms with Gasteiger partial charge in [0, 0.05) is 11.1 Å². The topological polar surface area (TPSA) is 93.8 Å². The summed E-state index contributed by atoms with van der Waals surface area (Å²) in [6, 6.07) is 8.04. The van der Waals surface area contributed by atoms with Crippen molar-refractivity contribution in [2.75, 3.05) is 6.61 Å². The summed E-state index contributed by atoms with van der Waals surface area (Å²) in [5, 5.41) is 15.2. The van der Waals surface area contributed by atoms with Crippen molar-refractivity contribution in [3.05, 3.63) is 55.2 Å². The molecule has 0 aliphatic heterocycles. The molecule has 1 aromatic carbocycles. The summed E-state index contributed by atoms with van der Waals surface area (Å²) in [6.07, 6.45) is 1.94. The van der Waals surface area contributed by atoms with Crippen molar-refractivity contribution in [2.45, 2.75) is 13.3 Å². The molecule has 126 valence electrons. The summed E-state index contributed by atoms with van der Waals surface area (Å²) in [7, 11) is 0. The highest BCUT2D eigenvalue weighted by Crippen LogP contribution is 2.28. The fraction of sp³-hybridized carbons (Fsp3) is 0.200. The zero-order valence-electron chi connectivity index (χ0n) is 12.7. The van der Waals surface area contributed by atoms with Gasteiger partial charge in [0.05, 0.1) is 20.9 Å². The minimum Gasteiger partial charge on any atom is -0.484 e. The van der Waals surface area contributed by atoms with Crippen LogP contribution < -0.4 is 10.2 Å². The molecule has 0 saturated heterocycles. The number of hydrogen-bond acceptors (Lipinski definition) is 6. The number of amides is 1. The van der Waals surface area contributed by atoms with Crippen molar-refractivity contribution in [3.63, 3.8) is 0 Å². The predicted octanol–water partition coefficient (Wildman–Crippen LogP) is 3.40. The Morgan fingerprint density at radius 2 is 2.17 bits per heavy atom. The highest BCUT2D eigenvalue weighted by atomic mass is 35.5. The van der Waals surface area contributed by atoms with E-state index < -0.39 is 10.8 Å². The number of nitrogens with zero attached hydrogens (tertiary/aromatic N) is 2. The molecular formula is C15H14ClN3O4S. The van der Waals surface area contributed by atoms with E-state index in [0.29, 0.717) is 26.9 Å². The Morgan fingerprint density at radius 3 is 2.75 bits per heavy atom.